The van der Waals surface area contributed by atoms with Crippen LogP contribution in [0.5, 0.6) is 5.75 Å². The second kappa shape index (κ2) is 5.60. The van der Waals surface area contributed by atoms with Crippen molar-refractivity contribution in [1.82, 2.24) is 4.98 Å². The van der Waals surface area contributed by atoms with E-state index >= 15 is 0 Å². The largest absolute Gasteiger partial charge is 0.489 e. The molecule has 0 fully saturated rings. The Kier molecular flexibility index (Phi) is 4.12. The first-order valence-electron chi connectivity index (χ1n) is 4.82. The number of hydrogen-bond acceptors (Lipinski definition) is 2. The molecule has 0 unspecified atom stereocenters. The number of halogens is 3. The molecular formula is C12H8Br2FNO. The topological polar surface area (TPSA) is 22.1 Å². The Morgan fingerprint density at radius 3 is 2.71 bits per heavy atom. The summed E-state index contributed by atoms with van der Waals surface area (Å²) in [6.45, 7) is 0.393. The van der Waals surface area contributed by atoms with Crippen molar-refractivity contribution in [2.45, 2.75) is 6.61 Å². The van der Waals surface area contributed by atoms with Crippen molar-refractivity contribution in [1.29, 1.82) is 0 Å². The lowest BCUT2D eigenvalue weighted by molar-refractivity contribution is 0.305. The van der Waals surface area contributed by atoms with Crippen LogP contribution in [0.2, 0.25) is 0 Å². The highest BCUT2D eigenvalue weighted by molar-refractivity contribution is 9.10. The van der Waals surface area contributed by atoms with Crippen LogP contribution in [-0.4, -0.2) is 4.98 Å². The first kappa shape index (κ1) is 12.5. The minimum Gasteiger partial charge on any atom is -0.489 e. The molecule has 17 heavy (non-hydrogen) atoms. The Labute approximate surface area is 115 Å². The molecule has 0 radical (unpaired) electrons. The van der Waals surface area contributed by atoms with Crippen molar-refractivity contribution in [2.75, 3.05) is 0 Å². The maximum atomic E-state index is 13.0. The molecule has 0 saturated heterocycles. The third-order valence-electron chi connectivity index (χ3n) is 2.06. The first-order chi connectivity index (χ1) is 8.15. The molecule has 88 valence electrons. The number of benzene rings is 1. The molecule has 0 atom stereocenters. The summed E-state index contributed by atoms with van der Waals surface area (Å²) in [7, 11) is 0. The van der Waals surface area contributed by atoms with Crippen LogP contribution in [0.25, 0.3) is 0 Å². The highest BCUT2D eigenvalue weighted by Crippen LogP contribution is 2.22. The number of hydrogen-bond donors (Lipinski definition) is 0. The fourth-order valence-electron chi connectivity index (χ4n) is 1.27. The van der Waals surface area contributed by atoms with Crippen LogP contribution in [0.4, 0.5) is 4.39 Å². The van der Waals surface area contributed by atoms with Crippen LogP contribution >= 0.6 is 31.9 Å². The molecule has 0 spiro atoms. The number of pyridine rings is 1. The normalized spacial score (nSPS) is 10.3. The Balaban J connectivity index is 2.05. The maximum absolute atomic E-state index is 13.0. The van der Waals surface area contributed by atoms with Crippen LogP contribution in [-0.2, 0) is 6.61 Å². The molecule has 2 nitrogen and oxygen atoms in total. The Morgan fingerprint density at radius 2 is 2.00 bits per heavy atom. The summed E-state index contributed by atoms with van der Waals surface area (Å²) in [5.41, 5.74) is 0.944. The SMILES string of the molecule is Fc1ccc(OCc2cncc(Br)c2)cc1Br. The fourth-order valence-corrected chi connectivity index (χ4v) is 2.04. The van der Waals surface area contributed by atoms with Gasteiger partial charge in [0.15, 0.2) is 0 Å². The summed E-state index contributed by atoms with van der Waals surface area (Å²) in [6.07, 6.45) is 3.43. The van der Waals surface area contributed by atoms with Gasteiger partial charge in [0, 0.05) is 22.4 Å². The molecule has 0 aliphatic carbocycles. The highest BCUT2D eigenvalue weighted by atomic mass is 79.9. The molecule has 5 heteroatoms. The van der Waals surface area contributed by atoms with Gasteiger partial charge in [0.25, 0.3) is 0 Å². The molecule has 1 aromatic carbocycles. The predicted octanol–water partition coefficient (Wildman–Crippen LogP) is 4.32. The quantitative estimate of drug-likeness (QED) is 0.812. The molecule has 0 aliphatic rings. The van der Waals surface area contributed by atoms with Crippen molar-refractivity contribution in [3.63, 3.8) is 0 Å². The van der Waals surface area contributed by atoms with E-state index in [1.165, 1.54) is 6.07 Å². The van der Waals surface area contributed by atoms with Gasteiger partial charge < -0.3 is 4.74 Å². The molecule has 0 saturated carbocycles. The molecule has 0 N–H and O–H groups in total. The summed E-state index contributed by atoms with van der Waals surface area (Å²) < 4.78 is 19.8. The van der Waals surface area contributed by atoms with Crippen LogP contribution in [0.3, 0.4) is 0 Å². The van der Waals surface area contributed by atoms with Gasteiger partial charge in [0.05, 0.1) is 4.47 Å². The smallest absolute Gasteiger partial charge is 0.137 e. The van der Waals surface area contributed by atoms with E-state index < -0.39 is 0 Å². The fraction of sp³-hybridized carbons (Fsp3) is 0.0833. The van der Waals surface area contributed by atoms with Crippen molar-refractivity contribution < 1.29 is 9.13 Å². The molecule has 0 aliphatic heterocycles. The van der Waals surface area contributed by atoms with E-state index in [0.29, 0.717) is 16.8 Å². The molecular weight excluding hydrogens is 353 g/mol. The summed E-state index contributed by atoms with van der Waals surface area (Å²) in [5, 5.41) is 0. The average Bonchev–Trinajstić information content (AvgIpc) is 2.31. The van der Waals surface area contributed by atoms with Gasteiger partial charge in [0.2, 0.25) is 0 Å². The second-order valence-electron chi connectivity index (χ2n) is 3.38. The van der Waals surface area contributed by atoms with Crippen LogP contribution in [0.1, 0.15) is 5.56 Å². The lowest BCUT2D eigenvalue weighted by atomic mass is 10.3. The van der Waals surface area contributed by atoms with Gasteiger partial charge >= 0.3 is 0 Å². The van der Waals surface area contributed by atoms with Crippen molar-refractivity contribution in [3.05, 3.63) is 57.0 Å². The third-order valence-corrected chi connectivity index (χ3v) is 3.10. The lowest BCUT2D eigenvalue weighted by Crippen LogP contribution is -1.96. The van der Waals surface area contributed by atoms with Gasteiger partial charge in [-0.1, -0.05) is 0 Å². The minimum absolute atomic E-state index is 0.304. The monoisotopic (exact) mass is 359 g/mol. The minimum atomic E-state index is -0.304. The zero-order chi connectivity index (χ0) is 12.3. The first-order valence-corrected chi connectivity index (χ1v) is 6.41. The van der Waals surface area contributed by atoms with Gasteiger partial charge in [-0.2, -0.15) is 0 Å². The molecule has 1 heterocycles. The van der Waals surface area contributed by atoms with Gasteiger partial charge in [-0.05, 0) is 56.1 Å². The number of aromatic nitrogens is 1. The van der Waals surface area contributed by atoms with Crippen molar-refractivity contribution >= 4 is 31.9 Å². The summed E-state index contributed by atoms with van der Waals surface area (Å²) in [6, 6.07) is 6.47. The highest BCUT2D eigenvalue weighted by Gasteiger charge is 2.02. The standard InChI is InChI=1S/C12H8Br2FNO/c13-9-3-8(5-16-6-9)7-17-10-1-2-12(15)11(14)4-10/h1-6H,7H2. The zero-order valence-electron chi connectivity index (χ0n) is 8.66. The second-order valence-corrected chi connectivity index (χ2v) is 5.15. The molecule has 1 aromatic heterocycles. The summed E-state index contributed by atoms with van der Waals surface area (Å²) in [4.78, 5) is 4.03. The van der Waals surface area contributed by atoms with E-state index in [9.17, 15) is 4.39 Å². The van der Waals surface area contributed by atoms with E-state index in [2.05, 4.69) is 36.8 Å². The van der Waals surface area contributed by atoms with Crippen molar-refractivity contribution in [3.8, 4) is 5.75 Å². The molecule has 0 amide bonds. The van der Waals surface area contributed by atoms with Crippen LogP contribution in [0, 0.1) is 5.82 Å². The van der Waals surface area contributed by atoms with E-state index in [1.54, 1.807) is 24.5 Å². The lowest BCUT2D eigenvalue weighted by Gasteiger charge is -2.06. The van der Waals surface area contributed by atoms with E-state index in [0.717, 1.165) is 10.0 Å². The number of rotatable bonds is 3. The third kappa shape index (κ3) is 3.51. The maximum Gasteiger partial charge on any atom is 0.137 e. The van der Waals surface area contributed by atoms with Crippen LogP contribution < -0.4 is 4.74 Å². The Hall–Kier alpha value is -0.940. The van der Waals surface area contributed by atoms with E-state index in [-0.39, 0.29) is 5.82 Å². The van der Waals surface area contributed by atoms with E-state index in [1.807, 2.05) is 6.07 Å². The Morgan fingerprint density at radius 1 is 1.18 bits per heavy atom. The van der Waals surface area contributed by atoms with Crippen LogP contribution in [0.15, 0.2) is 45.6 Å². The zero-order valence-corrected chi connectivity index (χ0v) is 11.8. The van der Waals surface area contributed by atoms with Gasteiger partial charge in [-0.3, -0.25) is 4.98 Å². The van der Waals surface area contributed by atoms with Gasteiger partial charge in [-0.25, -0.2) is 4.39 Å². The predicted molar refractivity (Wildman–Crippen MR) is 70.4 cm³/mol. The van der Waals surface area contributed by atoms with Gasteiger partial charge in [0.1, 0.15) is 18.2 Å². The molecule has 0 bridgehead atoms. The average molecular weight is 361 g/mol. The summed E-state index contributed by atoms with van der Waals surface area (Å²) >= 11 is 6.44. The number of ether oxygens (including phenoxy) is 1. The van der Waals surface area contributed by atoms with Gasteiger partial charge in [-0.15, -0.1) is 0 Å². The summed E-state index contributed by atoms with van der Waals surface area (Å²) in [5.74, 6) is 0.305. The van der Waals surface area contributed by atoms with E-state index in [4.69, 9.17) is 4.74 Å². The Bertz CT molecular complexity index is 534. The number of nitrogens with zero attached hydrogens (tertiary/aromatic N) is 1. The van der Waals surface area contributed by atoms with Crippen molar-refractivity contribution in [2.24, 2.45) is 0 Å². The molecule has 2 rings (SSSR count). The molecule has 2 aromatic rings.